The molecule has 0 aromatic carbocycles. The molecule has 1 atom stereocenters. The molecule has 0 aliphatic heterocycles. The number of aromatic nitrogens is 1. The van der Waals surface area contributed by atoms with Crippen LogP contribution in [0.3, 0.4) is 0 Å². The number of aliphatic hydroxyl groups is 1. The highest BCUT2D eigenvalue weighted by atomic mass is 32.2. The van der Waals surface area contributed by atoms with Crippen molar-refractivity contribution < 1.29 is 9.90 Å². The average Bonchev–Trinajstić information content (AvgIpc) is 2.36. The van der Waals surface area contributed by atoms with Gasteiger partial charge in [-0.05, 0) is 38.2 Å². The number of hydrogen-bond donors (Lipinski definition) is 2. The molecule has 0 fully saturated rings. The predicted molar refractivity (Wildman–Crippen MR) is 69.3 cm³/mol. The zero-order valence-corrected chi connectivity index (χ0v) is 11.0. The first-order valence-electron chi connectivity index (χ1n) is 5.59. The summed E-state index contributed by atoms with van der Waals surface area (Å²) < 4.78 is 0. The van der Waals surface area contributed by atoms with Crippen LogP contribution in [-0.2, 0) is 0 Å². The fourth-order valence-corrected chi connectivity index (χ4v) is 1.77. The van der Waals surface area contributed by atoms with E-state index in [9.17, 15) is 4.79 Å². The van der Waals surface area contributed by atoms with E-state index in [0.29, 0.717) is 12.0 Å². The Hall–Kier alpha value is -1.07. The zero-order valence-electron chi connectivity index (χ0n) is 10.1. The van der Waals surface area contributed by atoms with Crippen LogP contribution < -0.4 is 5.32 Å². The van der Waals surface area contributed by atoms with E-state index in [0.717, 1.165) is 11.4 Å². The standard InChI is InChI=1S/C12H18N2O2S/c1-9(4-3-7-15)14-12(16)10-5-6-11(17-2)13-8-10/h5-6,8-9,15H,3-4,7H2,1-2H3,(H,14,16). The molecule has 0 saturated heterocycles. The number of thioether (sulfide) groups is 1. The molecule has 0 aliphatic rings. The second-order valence-corrected chi connectivity index (χ2v) is 4.66. The second-order valence-electron chi connectivity index (χ2n) is 3.83. The highest BCUT2D eigenvalue weighted by molar-refractivity contribution is 7.98. The number of nitrogens with zero attached hydrogens (tertiary/aromatic N) is 1. The summed E-state index contributed by atoms with van der Waals surface area (Å²) in [5.74, 6) is -0.115. The minimum absolute atomic E-state index is 0.0647. The first-order chi connectivity index (χ1) is 8.17. The Morgan fingerprint density at radius 1 is 1.59 bits per heavy atom. The van der Waals surface area contributed by atoms with Gasteiger partial charge in [0.15, 0.2) is 0 Å². The second kappa shape index (κ2) is 7.29. The SMILES string of the molecule is CSc1ccc(C(=O)NC(C)CCCO)cn1. The van der Waals surface area contributed by atoms with Crippen LogP contribution in [-0.4, -0.2) is 34.9 Å². The van der Waals surface area contributed by atoms with E-state index in [1.165, 1.54) is 0 Å². The van der Waals surface area contributed by atoms with Crippen molar-refractivity contribution in [1.29, 1.82) is 0 Å². The van der Waals surface area contributed by atoms with Crippen molar-refractivity contribution in [1.82, 2.24) is 10.3 Å². The molecular weight excluding hydrogens is 236 g/mol. The smallest absolute Gasteiger partial charge is 0.253 e. The lowest BCUT2D eigenvalue weighted by molar-refractivity contribution is 0.0936. The summed E-state index contributed by atoms with van der Waals surface area (Å²) in [4.78, 5) is 15.9. The summed E-state index contributed by atoms with van der Waals surface area (Å²) in [5, 5.41) is 12.5. The van der Waals surface area contributed by atoms with Gasteiger partial charge in [-0.25, -0.2) is 4.98 Å². The van der Waals surface area contributed by atoms with Gasteiger partial charge in [0.1, 0.15) is 0 Å². The molecule has 1 unspecified atom stereocenters. The summed E-state index contributed by atoms with van der Waals surface area (Å²) in [5.41, 5.74) is 0.568. The van der Waals surface area contributed by atoms with E-state index in [-0.39, 0.29) is 18.6 Å². The van der Waals surface area contributed by atoms with Crippen LogP contribution in [0.2, 0.25) is 0 Å². The van der Waals surface area contributed by atoms with E-state index < -0.39 is 0 Å². The molecule has 0 radical (unpaired) electrons. The Bertz CT molecular complexity index is 354. The maximum atomic E-state index is 11.8. The quantitative estimate of drug-likeness (QED) is 0.758. The van der Waals surface area contributed by atoms with Crippen LogP contribution >= 0.6 is 11.8 Å². The molecule has 1 aromatic heterocycles. The first-order valence-corrected chi connectivity index (χ1v) is 6.81. The molecule has 0 bridgehead atoms. The number of rotatable bonds is 6. The normalized spacial score (nSPS) is 12.2. The molecule has 1 rings (SSSR count). The van der Waals surface area contributed by atoms with Gasteiger partial charge in [-0.3, -0.25) is 4.79 Å². The molecule has 94 valence electrons. The molecule has 5 heteroatoms. The highest BCUT2D eigenvalue weighted by Gasteiger charge is 2.09. The first kappa shape index (κ1) is 14.0. The fraction of sp³-hybridized carbons (Fsp3) is 0.500. The van der Waals surface area contributed by atoms with Crippen molar-refractivity contribution >= 4 is 17.7 Å². The van der Waals surface area contributed by atoms with Gasteiger partial charge in [0.05, 0.1) is 10.6 Å². The Kier molecular flexibility index (Phi) is 6.00. The number of pyridine rings is 1. The lowest BCUT2D eigenvalue weighted by Gasteiger charge is -2.13. The maximum absolute atomic E-state index is 11.8. The van der Waals surface area contributed by atoms with Crippen molar-refractivity contribution in [3.8, 4) is 0 Å². The summed E-state index contributed by atoms with van der Waals surface area (Å²) in [6.07, 6.45) is 5.00. The average molecular weight is 254 g/mol. The Morgan fingerprint density at radius 2 is 2.35 bits per heavy atom. The number of hydrogen-bond acceptors (Lipinski definition) is 4. The molecule has 1 aromatic rings. The molecule has 4 nitrogen and oxygen atoms in total. The van der Waals surface area contributed by atoms with Gasteiger partial charge in [-0.2, -0.15) is 0 Å². The van der Waals surface area contributed by atoms with Crippen LogP contribution in [0.4, 0.5) is 0 Å². The molecule has 0 spiro atoms. The Balaban J connectivity index is 2.51. The summed E-state index contributed by atoms with van der Waals surface area (Å²) in [6, 6.07) is 3.67. The molecule has 17 heavy (non-hydrogen) atoms. The van der Waals surface area contributed by atoms with E-state index in [1.807, 2.05) is 19.2 Å². The van der Waals surface area contributed by atoms with Gasteiger partial charge >= 0.3 is 0 Å². The summed E-state index contributed by atoms with van der Waals surface area (Å²) >= 11 is 1.54. The largest absolute Gasteiger partial charge is 0.396 e. The van der Waals surface area contributed by atoms with E-state index >= 15 is 0 Å². The number of carbonyl (C=O) groups excluding carboxylic acids is 1. The summed E-state index contributed by atoms with van der Waals surface area (Å²) in [7, 11) is 0. The molecule has 1 amide bonds. The minimum Gasteiger partial charge on any atom is -0.396 e. The maximum Gasteiger partial charge on any atom is 0.253 e. The molecule has 0 saturated carbocycles. The monoisotopic (exact) mass is 254 g/mol. The predicted octanol–water partition coefficient (Wildman–Crippen LogP) is 1.69. The summed E-state index contributed by atoms with van der Waals surface area (Å²) in [6.45, 7) is 2.08. The molecule has 1 heterocycles. The molecule has 0 aliphatic carbocycles. The van der Waals surface area contributed by atoms with Crippen molar-refractivity contribution in [3.63, 3.8) is 0 Å². The van der Waals surface area contributed by atoms with Crippen LogP contribution in [0.5, 0.6) is 0 Å². The van der Waals surface area contributed by atoms with Crippen molar-refractivity contribution in [2.24, 2.45) is 0 Å². The van der Waals surface area contributed by atoms with E-state index in [2.05, 4.69) is 10.3 Å². The van der Waals surface area contributed by atoms with E-state index in [1.54, 1.807) is 24.0 Å². The van der Waals surface area contributed by atoms with E-state index in [4.69, 9.17) is 5.11 Å². The lowest BCUT2D eigenvalue weighted by Crippen LogP contribution is -2.32. The number of aliphatic hydroxyl groups excluding tert-OH is 1. The van der Waals surface area contributed by atoms with Gasteiger partial charge in [0.2, 0.25) is 0 Å². The van der Waals surface area contributed by atoms with Crippen LogP contribution in [0, 0.1) is 0 Å². The topological polar surface area (TPSA) is 62.2 Å². The molecular formula is C12H18N2O2S. The van der Waals surface area contributed by atoms with Gasteiger partial charge < -0.3 is 10.4 Å². The van der Waals surface area contributed by atoms with Crippen molar-refractivity contribution in [2.45, 2.75) is 30.8 Å². The third-order valence-electron chi connectivity index (χ3n) is 2.38. The third-order valence-corrected chi connectivity index (χ3v) is 3.04. The van der Waals surface area contributed by atoms with Crippen LogP contribution in [0.25, 0.3) is 0 Å². The fourth-order valence-electron chi connectivity index (χ4n) is 1.41. The molecule has 2 N–H and O–H groups in total. The van der Waals surface area contributed by atoms with Gasteiger partial charge in [0.25, 0.3) is 5.91 Å². The highest BCUT2D eigenvalue weighted by Crippen LogP contribution is 2.11. The Morgan fingerprint density at radius 3 is 2.88 bits per heavy atom. The third kappa shape index (κ3) is 4.75. The Labute approximate surface area is 106 Å². The number of amides is 1. The number of nitrogens with one attached hydrogen (secondary N) is 1. The van der Waals surface area contributed by atoms with Gasteiger partial charge in [-0.15, -0.1) is 11.8 Å². The number of carbonyl (C=O) groups is 1. The van der Waals surface area contributed by atoms with Gasteiger partial charge in [-0.1, -0.05) is 0 Å². The van der Waals surface area contributed by atoms with Crippen molar-refractivity contribution in [3.05, 3.63) is 23.9 Å². The lowest BCUT2D eigenvalue weighted by atomic mass is 10.1. The minimum atomic E-state index is -0.115. The van der Waals surface area contributed by atoms with Crippen molar-refractivity contribution in [2.75, 3.05) is 12.9 Å². The zero-order chi connectivity index (χ0) is 12.7. The van der Waals surface area contributed by atoms with Gasteiger partial charge in [0, 0.05) is 18.8 Å². The van der Waals surface area contributed by atoms with Crippen LogP contribution in [0.1, 0.15) is 30.1 Å². The van der Waals surface area contributed by atoms with Crippen LogP contribution in [0.15, 0.2) is 23.4 Å².